The van der Waals surface area contributed by atoms with E-state index in [-0.39, 0.29) is 29.8 Å². The van der Waals surface area contributed by atoms with Crippen molar-refractivity contribution in [2.75, 3.05) is 20.3 Å². The zero-order valence-electron chi connectivity index (χ0n) is 16.6. The normalized spacial score (nSPS) is 27.1. The molecule has 3 atom stereocenters. The Hall–Kier alpha value is -1.51. The summed E-state index contributed by atoms with van der Waals surface area (Å²) in [5.41, 5.74) is 0. The number of methoxy groups -OCH3 is 1. The maximum atomic E-state index is 12.6. The van der Waals surface area contributed by atoms with Crippen LogP contribution >= 0.6 is 0 Å². The van der Waals surface area contributed by atoms with E-state index in [1.54, 1.807) is 7.11 Å². The molecule has 0 radical (unpaired) electrons. The first-order valence-corrected chi connectivity index (χ1v) is 10.00. The minimum Gasteiger partial charge on any atom is -0.391 e. The fourth-order valence-corrected chi connectivity index (χ4v) is 4.03. The zero-order chi connectivity index (χ0) is 19.4. The molecule has 3 rings (SSSR count). The van der Waals surface area contributed by atoms with Crippen LogP contribution in [0.1, 0.15) is 69.6 Å². The smallest absolute Gasteiger partial charge is 0.223 e. The summed E-state index contributed by atoms with van der Waals surface area (Å²) in [6.45, 7) is 5.81. The van der Waals surface area contributed by atoms with Crippen molar-refractivity contribution in [1.29, 1.82) is 0 Å². The van der Waals surface area contributed by atoms with Crippen LogP contribution in [-0.2, 0) is 20.9 Å². The van der Waals surface area contributed by atoms with Gasteiger partial charge >= 0.3 is 0 Å². The number of nitrogens with one attached hydrogen (secondary N) is 1. The number of carbonyl (C=O) groups excluding carboxylic acids is 1. The van der Waals surface area contributed by atoms with Crippen molar-refractivity contribution in [3.63, 3.8) is 0 Å². The Morgan fingerprint density at radius 1 is 1.33 bits per heavy atom. The molecule has 2 aliphatic rings. The maximum Gasteiger partial charge on any atom is 0.223 e. The van der Waals surface area contributed by atoms with Crippen molar-refractivity contribution >= 4 is 5.91 Å². The highest BCUT2D eigenvalue weighted by Gasteiger charge is 2.35. The van der Waals surface area contributed by atoms with Crippen LogP contribution in [0.4, 0.5) is 0 Å². The molecular formula is C19H32N4O4. The number of aliphatic hydroxyl groups excluding tert-OH is 1. The molecule has 0 bridgehead atoms. The maximum absolute atomic E-state index is 12.6. The van der Waals surface area contributed by atoms with Gasteiger partial charge in [-0.25, -0.2) is 9.67 Å². The third-order valence-corrected chi connectivity index (χ3v) is 5.56. The highest BCUT2D eigenvalue weighted by Crippen LogP contribution is 2.33. The van der Waals surface area contributed by atoms with E-state index in [0.717, 1.165) is 25.1 Å². The Bertz CT molecular complexity index is 627. The number of amides is 1. The van der Waals surface area contributed by atoms with Crippen LogP contribution in [0.2, 0.25) is 0 Å². The van der Waals surface area contributed by atoms with E-state index in [4.69, 9.17) is 9.47 Å². The summed E-state index contributed by atoms with van der Waals surface area (Å²) in [5.74, 6) is 1.78. The lowest BCUT2D eigenvalue weighted by atomic mass is 9.82. The number of aromatic nitrogens is 3. The van der Waals surface area contributed by atoms with Gasteiger partial charge < -0.3 is 19.9 Å². The Morgan fingerprint density at radius 3 is 2.74 bits per heavy atom. The number of hydrogen-bond acceptors (Lipinski definition) is 6. The first kappa shape index (κ1) is 20.2. The van der Waals surface area contributed by atoms with Gasteiger partial charge in [0.25, 0.3) is 0 Å². The molecule has 1 aliphatic heterocycles. The van der Waals surface area contributed by atoms with Gasteiger partial charge in [-0.1, -0.05) is 0 Å². The molecule has 2 heterocycles. The van der Waals surface area contributed by atoms with Crippen LogP contribution in [0.15, 0.2) is 0 Å². The molecule has 2 fully saturated rings. The SMILES string of the molecule is COCc1nc([C@H]2CC[C@@H](O)[C@H](NC(=O)C3CCOCC3)C2)n(C(C)C)n1. The predicted molar refractivity (Wildman–Crippen MR) is 99.2 cm³/mol. The van der Waals surface area contributed by atoms with Crippen LogP contribution in [0.3, 0.4) is 0 Å². The Labute approximate surface area is 160 Å². The van der Waals surface area contributed by atoms with Gasteiger partial charge in [0.05, 0.1) is 12.1 Å². The molecule has 0 spiro atoms. The molecule has 1 saturated carbocycles. The average molecular weight is 380 g/mol. The second kappa shape index (κ2) is 9.12. The topological polar surface area (TPSA) is 98.5 Å². The van der Waals surface area contributed by atoms with Crippen LogP contribution in [0, 0.1) is 5.92 Å². The van der Waals surface area contributed by atoms with Gasteiger partial charge in [0.2, 0.25) is 5.91 Å². The van der Waals surface area contributed by atoms with Gasteiger partial charge in [-0.15, -0.1) is 0 Å². The van der Waals surface area contributed by atoms with E-state index in [1.165, 1.54) is 0 Å². The minimum atomic E-state index is -0.515. The number of ether oxygens (including phenoxy) is 2. The first-order valence-electron chi connectivity index (χ1n) is 10.00. The largest absolute Gasteiger partial charge is 0.391 e. The number of rotatable bonds is 6. The van der Waals surface area contributed by atoms with Crippen molar-refractivity contribution in [2.45, 2.75) is 76.7 Å². The monoisotopic (exact) mass is 380 g/mol. The minimum absolute atomic E-state index is 0.0149. The van der Waals surface area contributed by atoms with E-state index < -0.39 is 6.10 Å². The molecule has 1 aromatic heterocycles. The van der Waals surface area contributed by atoms with Crippen LogP contribution < -0.4 is 5.32 Å². The molecule has 8 nitrogen and oxygen atoms in total. The zero-order valence-corrected chi connectivity index (χ0v) is 16.6. The highest BCUT2D eigenvalue weighted by molar-refractivity contribution is 5.79. The van der Waals surface area contributed by atoms with E-state index in [2.05, 4.69) is 29.2 Å². The molecule has 1 aromatic rings. The summed E-state index contributed by atoms with van der Waals surface area (Å²) >= 11 is 0. The molecular weight excluding hydrogens is 348 g/mol. The third kappa shape index (κ3) is 4.86. The first-order chi connectivity index (χ1) is 13.0. The number of nitrogens with zero attached hydrogens (tertiary/aromatic N) is 3. The fourth-order valence-electron chi connectivity index (χ4n) is 4.03. The quantitative estimate of drug-likeness (QED) is 0.777. The predicted octanol–water partition coefficient (Wildman–Crippen LogP) is 1.55. The molecule has 152 valence electrons. The van der Waals surface area contributed by atoms with Crippen LogP contribution in [0.25, 0.3) is 0 Å². The van der Waals surface area contributed by atoms with E-state index >= 15 is 0 Å². The summed E-state index contributed by atoms with van der Waals surface area (Å²) < 4.78 is 12.5. The lowest BCUT2D eigenvalue weighted by molar-refractivity contribution is -0.129. The Balaban J connectivity index is 1.70. The van der Waals surface area contributed by atoms with Gasteiger partial charge in [0, 0.05) is 38.2 Å². The van der Waals surface area contributed by atoms with Crippen LogP contribution in [0.5, 0.6) is 0 Å². The van der Waals surface area contributed by atoms with Gasteiger partial charge in [0.15, 0.2) is 5.82 Å². The van der Waals surface area contributed by atoms with E-state index in [9.17, 15) is 9.90 Å². The lowest BCUT2D eigenvalue weighted by Crippen LogP contribution is -2.49. The van der Waals surface area contributed by atoms with Crippen molar-refractivity contribution in [3.8, 4) is 0 Å². The highest BCUT2D eigenvalue weighted by atomic mass is 16.5. The summed E-state index contributed by atoms with van der Waals surface area (Å²) in [5, 5.41) is 18.1. The molecule has 27 heavy (non-hydrogen) atoms. The van der Waals surface area contributed by atoms with E-state index in [1.807, 2.05) is 4.68 Å². The molecule has 0 aromatic carbocycles. The third-order valence-electron chi connectivity index (χ3n) is 5.56. The molecule has 2 N–H and O–H groups in total. The van der Waals surface area contributed by atoms with Crippen molar-refractivity contribution in [1.82, 2.24) is 20.1 Å². The Kier molecular flexibility index (Phi) is 6.83. The number of aliphatic hydroxyl groups is 1. The lowest BCUT2D eigenvalue weighted by Gasteiger charge is -2.35. The van der Waals surface area contributed by atoms with Crippen LogP contribution in [-0.4, -0.2) is 58.2 Å². The molecule has 1 amide bonds. The summed E-state index contributed by atoms with van der Waals surface area (Å²) in [7, 11) is 1.63. The van der Waals surface area contributed by atoms with Gasteiger partial charge in [0.1, 0.15) is 12.4 Å². The standard InChI is InChI=1S/C19H32N4O4/c1-12(2)23-18(21-17(22-23)11-26-3)14-4-5-16(24)15(10-14)20-19(25)13-6-8-27-9-7-13/h12-16,24H,4-11H2,1-3H3,(H,20,25)/t14-,15+,16+/m0/s1. The summed E-state index contributed by atoms with van der Waals surface area (Å²) in [6.07, 6.45) is 3.14. The fraction of sp³-hybridized carbons (Fsp3) is 0.842. The van der Waals surface area contributed by atoms with Gasteiger partial charge in [-0.2, -0.15) is 5.10 Å². The summed E-state index contributed by atoms with van der Waals surface area (Å²) in [4.78, 5) is 17.3. The van der Waals surface area contributed by atoms with E-state index in [0.29, 0.717) is 38.5 Å². The molecule has 8 heteroatoms. The van der Waals surface area contributed by atoms with Gasteiger partial charge in [-0.05, 0) is 46.0 Å². The Morgan fingerprint density at radius 2 is 2.07 bits per heavy atom. The number of hydrogen-bond donors (Lipinski definition) is 2. The van der Waals surface area contributed by atoms with Crippen molar-refractivity contribution < 1.29 is 19.4 Å². The van der Waals surface area contributed by atoms with Gasteiger partial charge in [-0.3, -0.25) is 4.79 Å². The van der Waals surface area contributed by atoms with Crippen molar-refractivity contribution in [2.24, 2.45) is 5.92 Å². The van der Waals surface area contributed by atoms with Crippen molar-refractivity contribution in [3.05, 3.63) is 11.6 Å². The molecule has 1 saturated heterocycles. The second-order valence-electron chi connectivity index (χ2n) is 7.94. The average Bonchev–Trinajstić information content (AvgIpc) is 3.09. The molecule has 0 unspecified atom stereocenters. The second-order valence-corrected chi connectivity index (χ2v) is 7.94. The summed E-state index contributed by atoms with van der Waals surface area (Å²) in [6, 6.07) is -0.0532. The number of carbonyl (C=O) groups is 1. The molecule has 1 aliphatic carbocycles.